The number of carbonyl (C=O) groups excluding carboxylic acids is 2. The van der Waals surface area contributed by atoms with Gasteiger partial charge in [0.2, 0.25) is 5.91 Å². The molecule has 1 fully saturated rings. The van der Waals surface area contributed by atoms with E-state index in [1.165, 1.54) is 4.90 Å². The van der Waals surface area contributed by atoms with Crippen molar-refractivity contribution >= 4 is 29.1 Å². The minimum absolute atomic E-state index is 0.0345. The highest BCUT2D eigenvalue weighted by atomic mass is 35.5. The van der Waals surface area contributed by atoms with Crippen LogP contribution < -0.4 is 16.0 Å². The molecule has 1 aromatic rings. The van der Waals surface area contributed by atoms with E-state index in [1.54, 1.807) is 6.07 Å². The topological polar surface area (TPSA) is 76.6 Å². The maximum absolute atomic E-state index is 12.0. The summed E-state index contributed by atoms with van der Waals surface area (Å²) in [4.78, 5) is 24.3. The predicted molar refractivity (Wildman–Crippen MR) is 82.3 cm³/mol. The van der Waals surface area contributed by atoms with Crippen LogP contribution in [-0.4, -0.2) is 31.4 Å². The lowest BCUT2D eigenvalue weighted by atomic mass is 9.96. The van der Waals surface area contributed by atoms with Crippen molar-refractivity contribution in [2.24, 2.45) is 11.7 Å². The number of hydrogen-bond acceptors (Lipinski definition) is 2. The number of nitrogens with one attached hydrogen (secondary N) is 2. The van der Waals surface area contributed by atoms with Gasteiger partial charge in [0.05, 0.1) is 13.1 Å². The van der Waals surface area contributed by atoms with Crippen LogP contribution in [0.2, 0.25) is 5.02 Å². The summed E-state index contributed by atoms with van der Waals surface area (Å²) in [5.74, 6) is -0.303. The van der Waals surface area contributed by atoms with Gasteiger partial charge in [0.15, 0.2) is 6.54 Å². The highest BCUT2D eigenvalue weighted by Crippen LogP contribution is 2.19. The van der Waals surface area contributed by atoms with E-state index in [2.05, 4.69) is 5.32 Å². The Hall–Kier alpha value is -1.59. The number of aryl methyl sites for hydroxylation is 1. The molecule has 0 unspecified atom stereocenters. The number of likely N-dealkylation sites (tertiary alicyclic amines) is 1. The van der Waals surface area contributed by atoms with Gasteiger partial charge >= 0.3 is 0 Å². The summed E-state index contributed by atoms with van der Waals surface area (Å²) in [6, 6.07) is 5.47. The number of carbonyl (C=O) groups is 2. The third kappa shape index (κ3) is 4.44. The Morgan fingerprint density at radius 1 is 1.38 bits per heavy atom. The van der Waals surface area contributed by atoms with Gasteiger partial charge in [-0.2, -0.15) is 0 Å². The minimum atomic E-state index is -0.229. The molecule has 0 spiro atoms. The molecule has 6 heteroatoms. The number of anilines is 1. The Balaban J connectivity index is 1.82. The number of benzene rings is 1. The van der Waals surface area contributed by atoms with Gasteiger partial charge in [0.1, 0.15) is 0 Å². The minimum Gasteiger partial charge on any atom is -0.369 e. The Labute approximate surface area is 129 Å². The summed E-state index contributed by atoms with van der Waals surface area (Å²) in [6.45, 7) is 3.92. The molecule has 4 N–H and O–H groups in total. The summed E-state index contributed by atoms with van der Waals surface area (Å²) in [5.41, 5.74) is 6.99. The van der Waals surface area contributed by atoms with E-state index in [0.29, 0.717) is 17.3 Å². The van der Waals surface area contributed by atoms with Gasteiger partial charge in [-0.05, 0) is 24.6 Å². The van der Waals surface area contributed by atoms with Crippen LogP contribution in [0.4, 0.5) is 5.69 Å². The average molecular weight is 311 g/mol. The number of nitrogens with two attached hydrogens (primary N) is 1. The van der Waals surface area contributed by atoms with Crippen LogP contribution in [0.25, 0.3) is 0 Å². The van der Waals surface area contributed by atoms with Crippen LogP contribution in [0.3, 0.4) is 0 Å². The van der Waals surface area contributed by atoms with E-state index in [4.69, 9.17) is 17.3 Å². The smallest absolute Gasteiger partial charge is 0.279 e. The standard InChI is InChI=1S/C15H20ClN3O2/c1-10-2-3-12(8-13(10)16)18-14(20)9-19-6-4-11(5-7-19)15(17)21/h2-3,8,11H,4-7,9H2,1H3,(H2,17,21)(H,18,20)/p+1. The maximum atomic E-state index is 12.0. The monoisotopic (exact) mass is 310 g/mol. The summed E-state index contributed by atoms with van der Waals surface area (Å²) in [6.07, 6.45) is 1.52. The molecular weight excluding hydrogens is 290 g/mol. The van der Waals surface area contributed by atoms with Crippen molar-refractivity contribution in [3.8, 4) is 0 Å². The fraction of sp³-hybridized carbons (Fsp3) is 0.467. The number of amides is 2. The number of quaternary nitrogens is 1. The van der Waals surface area contributed by atoms with Crippen LogP contribution in [-0.2, 0) is 9.59 Å². The van der Waals surface area contributed by atoms with Crippen molar-refractivity contribution in [1.29, 1.82) is 0 Å². The first-order valence-corrected chi connectivity index (χ1v) is 7.52. The second-order valence-corrected chi connectivity index (χ2v) is 6.02. The second kappa shape index (κ2) is 6.91. The second-order valence-electron chi connectivity index (χ2n) is 5.62. The van der Waals surface area contributed by atoms with Gasteiger partial charge in [-0.15, -0.1) is 0 Å². The molecule has 0 aromatic heterocycles. The lowest BCUT2D eigenvalue weighted by Gasteiger charge is -2.27. The molecule has 1 aromatic carbocycles. The zero-order valence-electron chi connectivity index (χ0n) is 12.1. The van der Waals surface area contributed by atoms with Gasteiger partial charge in [-0.3, -0.25) is 9.59 Å². The third-order valence-electron chi connectivity index (χ3n) is 3.96. The number of halogens is 1. The van der Waals surface area contributed by atoms with E-state index in [-0.39, 0.29) is 17.7 Å². The number of rotatable bonds is 4. The summed E-state index contributed by atoms with van der Waals surface area (Å²) in [5, 5.41) is 3.50. The Kier molecular flexibility index (Phi) is 5.20. The van der Waals surface area contributed by atoms with E-state index in [1.807, 2.05) is 19.1 Å². The SMILES string of the molecule is Cc1ccc(NC(=O)C[NH+]2CCC(C(N)=O)CC2)cc1Cl. The van der Waals surface area contributed by atoms with Crippen molar-refractivity contribution in [3.05, 3.63) is 28.8 Å². The van der Waals surface area contributed by atoms with Crippen LogP contribution >= 0.6 is 11.6 Å². The van der Waals surface area contributed by atoms with Gasteiger partial charge in [0.25, 0.3) is 5.91 Å². The zero-order valence-corrected chi connectivity index (χ0v) is 12.9. The highest BCUT2D eigenvalue weighted by molar-refractivity contribution is 6.31. The average Bonchev–Trinajstić information content (AvgIpc) is 2.43. The molecule has 0 saturated carbocycles. The molecule has 21 heavy (non-hydrogen) atoms. The lowest BCUT2D eigenvalue weighted by molar-refractivity contribution is -0.897. The van der Waals surface area contributed by atoms with E-state index in [0.717, 1.165) is 31.5 Å². The maximum Gasteiger partial charge on any atom is 0.279 e. The summed E-state index contributed by atoms with van der Waals surface area (Å²) < 4.78 is 0. The van der Waals surface area contributed by atoms with Gasteiger partial charge in [-0.25, -0.2) is 0 Å². The summed E-state index contributed by atoms with van der Waals surface area (Å²) >= 11 is 6.03. The third-order valence-corrected chi connectivity index (χ3v) is 4.37. The van der Waals surface area contributed by atoms with Gasteiger partial charge < -0.3 is 16.0 Å². The molecule has 0 radical (unpaired) electrons. The molecule has 2 rings (SSSR count). The molecule has 0 aliphatic carbocycles. The van der Waals surface area contributed by atoms with Gasteiger partial charge in [-0.1, -0.05) is 17.7 Å². The fourth-order valence-corrected chi connectivity index (χ4v) is 2.77. The molecule has 2 amide bonds. The fourth-order valence-electron chi connectivity index (χ4n) is 2.59. The van der Waals surface area contributed by atoms with Crippen LogP contribution in [0, 0.1) is 12.8 Å². The van der Waals surface area contributed by atoms with Crippen molar-refractivity contribution < 1.29 is 14.5 Å². The van der Waals surface area contributed by atoms with Crippen LogP contribution in [0.5, 0.6) is 0 Å². The van der Waals surface area contributed by atoms with Crippen molar-refractivity contribution in [1.82, 2.24) is 0 Å². The van der Waals surface area contributed by atoms with E-state index >= 15 is 0 Å². The van der Waals surface area contributed by atoms with E-state index in [9.17, 15) is 9.59 Å². The molecule has 1 aliphatic rings. The zero-order chi connectivity index (χ0) is 15.4. The van der Waals surface area contributed by atoms with Gasteiger partial charge in [0, 0.05) is 29.5 Å². The molecule has 114 valence electrons. The molecule has 5 nitrogen and oxygen atoms in total. The normalized spacial score (nSPS) is 21.8. The lowest BCUT2D eigenvalue weighted by Crippen LogP contribution is -3.14. The van der Waals surface area contributed by atoms with E-state index < -0.39 is 0 Å². The molecule has 1 aliphatic heterocycles. The molecule has 0 atom stereocenters. The molecule has 1 heterocycles. The number of hydrogen-bond donors (Lipinski definition) is 3. The number of primary amides is 1. The summed E-state index contributed by atoms with van der Waals surface area (Å²) in [7, 11) is 0. The number of piperidine rings is 1. The Bertz CT molecular complexity index is 540. The Morgan fingerprint density at radius 2 is 2.05 bits per heavy atom. The first-order valence-electron chi connectivity index (χ1n) is 7.14. The van der Waals surface area contributed by atoms with Crippen molar-refractivity contribution in [2.45, 2.75) is 19.8 Å². The first kappa shape index (κ1) is 15.8. The quantitative estimate of drug-likeness (QED) is 0.751. The van der Waals surface area contributed by atoms with Crippen molar-refractivity contribution in [2.75, 3.05) is 25.0 Å². The highest BCUT2D eigenvalue weighted by Gasteiger charge is 2.26. The molecule has 1 saturated heterocycles. The first-order chi connectivity index (χ1) is 9.95. The molecule has 0 bridgehead atoms. The largest absolute Gasteiger partial charge is 0.369 e. The van der Waals surface area contributed by atoms with Crippen molar-refractivity contribution in [3.63, 3.8) is 0 Å². The van der Waals surface area contributed by atoms with Crippen LogP contribution in [0.15, 0.2) is 18.2 Å². The Morgan fingerprint density at radius 3 is 2.62 bits per heavy atom. The predicted octanol–water partition coefficient (Wildman–Crippen LogP) is 0.367. The molecular formula is C15H21ClN3O2+. The van der Waals surface area contributed by atoms with Crippen LogP contribution in [0.1, 0.15) is 18.4 Å².